The molecule has 0 aromatic heterocycles. The molecule has 3 aromatic rings. The minimum absolute atomic E-state index is 0. The standard InChI is InChI=1S/C20H14.2C3H8.3CH3.6Y/c1-3-7-17-13(5-1)9-15-11-20-16(12-19(15)17)10-14-6-2-4-8-18(14)20;2*1-3-2;;;;;;;;;/h1-8,11-12H,9-10H2;2*3H2,1-2H3;3*1H3;;;;;;/q;;;3*-1;;;;;;. The molecular formula is C29H39Y6-3. The van der Waals surface area contributed by atoms with Gasteiger partial charge < -0.3 is 22.3 Å². The van der Waals surface area contributed by atoms with Gasteiger partial charge in [0.2, 0.25) is 0 Å². The quantitative estimate of drug-likeness (QED) is 0.136. The zero-order valence-electron chi connectivity index (χ0n) is 23.1. The van der Waals surface area contributed by atoms with Crippen LogP contribution in [0.1, 0.15) is 62.8 Å². The maximum Gasteiger partial charge on any atom is 0 e. The van der Waals surface area contributed by atoms with Gasteiger partial charge in [0.05, 0.1) is 0 Å². The van der Waals surface area contributed by atoms with E-state index in [0.717, 1.165) is 12.8 Å². The van der Waals surface area contributed by atoms with E-state index in [4.69, 9.17) is 0 Å². The molecule has 0 spiro atoms. The normalized spacial score (nSPS) is 8.80. The Labute approximate surface area is 369 Å². The van der Waals surface area contributed by atoms with Gasteiger partial charge in [-0.2, -0.15) is 0 Å². The van der Waals surface area contributed by atoms with Crippen molar-refractivity contribution in [2.75, 3.05) is 0 Å². The van der Waals surface area contributed by atoms with E-state index in [-0.39, 0.29) is 219 Å². The summed E-state index contributed by atoms with van der Waals surface area (Å²) in [5, 5.41) is 0. The largest absolute Gasteiger partial charge is 0.358 e. The zero-order valence-corrected chi connectivity index (χ0v) is 40.1. The predicted octanol–water partition coefficient (Wildman–Crippen LogP) is 9.00. The second-order valence-electron chi connectivity index (χ2n) is 7.25. The van der Waals surface area contributed by atoms with Crippen LogP contribution in [0.2, 0.25) is 0 Å². The summed E-state index contributed by atoms with van der Waals surface area (Å²) in [5.41, 5.74) is 11.7. The zero-order chi connectivity index (χ0) is 18.5. The molecule has 0 saturated carbocycles. The van der Waals surface area contributed by atoms with Crippen LogP contribution < -0.4 is 0 Å². The average molecular weight is 921 g/mol. The second kappa shape index (κ2) is 29.8. The molecule has 0 aliphatic heterocycles. The third-order valence-electron chi connectivity index (χ3n) is 4.71. The molecule has 0 fully saturated rings. The Bertz CT molecular complexity index is 834. The molecular weight excluding hydrogens is 882 g/mol. The van der Waals surface area contributed by atoms with Crippen molar-refractivity contribution >= 4 is 0 Å². The number of hydrogen-bond donors (Lipinski definition) is 0. The van der Waals surface area contributed by atoms with E-state index in [2.05, 4.69) is 88.4 Å². The van der Waals surface area contributed by atoms with Crippen LogP contribution in [0.5, 0.6) is 0 Å². The number of fused-ring (bicyclic) bond motifs is 6. The molecule has 35 heavy (non-hydrogen) atoms. The van der Waals surface area contributed by atoms with Crippen molar-refractivity contribution in [3.63, 3.8) is 0 Å². The van der Waals surface area contributed by atoms with Crippen LogP contribution in [0.3, 0.4) is 0 Å². The Hall–Kier alpha value is 4.28. The number of benzene rings is 3. The van der Waals surface area contributed by atoms with Crippen molar-refractivity contribution in [1.82, 2.24) is 0 Å². The van der Waals surface area contributed by atoms with Gasteiger partial charge >= 0.3 is 0 Å². The van der Waals surface area contributed by atoms with Crippen molar-refractivity contribution in [3.05, 3.63) is 105 Å². The summed E-state index contributed by atoms with van der Waals surface area (Å²) in [5.74, 6) is 0. The maximum atomic E-state index is 2.43. The van der Waals surface area contributed by atoms with Gasteiger partial charge in [-0.1, -0.05) is 89.1 Å². The van der Waals surface area contributed by atoms with E-state index in [1.165, 1.54) is 57.3 Å². The molecule has 0 heterocycles. The smallest absolute Gasteiger partial charge is 0 e. The third-order valence-corrected chi connectivity index (χ3v) is 4.71. The summed E-state index contributed by atoms with van der Waals surface area (Å²) < 4.78 is 0. The summed E-state index contributed by atoms with van der Waals surface area (Å²) in [6, 6.07) is 22.5. The van der Waals surface area contributed by atoms with Crippen LogP contribution in [0.15, 0.2) is 60.7 Å². The molecule has 5 rings (SSSR count). The Balaban J connectivity index is -0.0000000966. The van der Waals surface area contributed by atoms with Gasteiger partial charge in [0.1, 0.15) is 0 Å². The maximum absolute atomic E-state index is 2.43. The van der Waals surface area contributed by atoms with Crippen molar-refractivity contribution < 1.29 is 196 Å². The molecule has 2 aliphatic rings. The van der Waals surface area contributed by atoms with Gasteiger partial charge in [0.15, 0.2) is 0 Å². The fraction of sp³-hybridized carbons (Fsp3) is 0.276. The molecule has 2 aliphatic carbocycles. The van der Waals surface area contributed by atoms with Crippen molar-refractivity contribution in [2.24, 2.45) is 0 Å². The van der Waals surface area contributed by atoms with Gasteiger partial charge in [-0.05, 0) is 69.5 Å². The predicted molar refractivity (Wildman–Crippen MR) is 134 cm³/mol. The molecule has 0 N–H and O–H groups in total. The van der Waals surface area contributed by atoms with Gasteiger partial charge in [-0.15, -0.1) is 0 Å². The number of rotatable bonds is 0. The summed E-state index contributed by atoms with van der Waals surface area (Å²) in [6.45, 7) is 8.50. The van der Waals surface area contributed by atoms with Crippen LogP contribution >= 0.6 is 0 Å². The minimum Gasteiger partial charge on any atom is -0.358 e. The molecule has 0 bridgehead atoms. The van der Waals surface area contributed by atoms with E-state index >= 15 is 0 Å². The Morgan fingerprint density at radius 3 is 0.971 bits per heavy atom. The summed E-state index contributed by atoms with van der Waals surface area (Å²) in [7, 11) is 0. The summed E-state index contributed by atoms with van der Waals surface area (Å²) >= 11 is 0. The molecule has 0 amide bonds. The first-order valence-corrected chi connectivity index (χ1v) is 10.1. The minimum atomic E-state index is 0. The molecule has 6 radical (unpaired) electrons. The molecule has 0 atom stereocenters. The first-order valence-electron chi connectivity index (χ1n) is 10.1. The van der Waals surface area contributed by atoms with Gasteiger partial charge in [0, 0.05) is 196 Å². The topological polar surface area (TPSA) is 0 Å². The molecule has 6 heteroatoms. The van der Waals surface area contributed by atoms with E-state index in [9.17, 15) is 0 Å². The van der Waals surface area contributed by atoms with Crippen LogP contribution in [0.25, 0.3) is 22.3 Å². The Morgan fingerprint density at radius 1 is 0.429 bits per heavy atom. The molecule has 176 valence electrons. The third kappa shape index (κ3) is 14.8. The SMILES string of the molecule is CCC.CCC.[CH3-].[CH3-].[CH3-].[Y].[Y].[Y].[Y].[Y].[Y].c1ccc2c(c1)Cc1cc3c(cc1-2)Cc1ccccc1-3. The monoisotopic (exact) mass is 921 g/mol. The van der Waals surface area contributed by atoms with Gasteiger partial charge in [-0.25, -0.2) is 0 Å². The van der Waals surface area contributed by atoms with Gasteiger partial charge in [0.25, 0.3) is 0 Å². The van der Waals surface area contributed by atoms with Gasteiger partial charge in [-0.3, -0.25) is 0 Å². The van der Waals surface area contributed by atoms with Crippen LogP contribution in [0.4, 0.5) is 0 Å². The fourth-order valence-corrected chi connectivity index (χ4v) is 3.77. The Morgan fingerprint density at radius 2 is 0.686 bits per heavy atom. The van der Waals surface area contributed by atoms with E-state index in [1.807, 2.05) is 0 Å². The van der Waals surface area contributed by atoms with E-state index < -0.39 is 0 Å². The van der Waals surface area contributed by atoms with E-state index in [0.29, 0.717) is 0 Å². The second-order valence-corrected chi connectivity index (χ2v) is 7.25. The first kappa shape index (κ1) is 55.2. The fourth-order valence-electron chi connectivity index (χ4n) is 3.77. The van der Waals surface area contributed by atoms with Crippen molar-refractivity contribution in [1.29, 1.82) is 0 Å². The molecule has 0 saturated heterocycles. The van der Waals surface area contributed by atoms with Crippen molar-refractivity contribution in [2.45, 2.75) is 53.4 Å². The van der Waals surface area contributed by atoms with Crippen LogP contribution in [0, 0.1) is 22.3 Å². The number of hydrogen-bond acceptors (Lipinski definition) is 0. The van der Waals surface area contributed by atoms with Crippen LogP contribution in [-0.2, 0) is 209 Å². The van der Waals surface area contributed by atoms with E-state index in [1.54, 1.807) is 0 Å². The Kier molecular flexibility index (Phi) is 47.0. The molecule has 0 nitrogen and oxygen atoms in total. The summed E-state index contributed by atoms with van der Waals surface area (Å²) in [4.78, 5) is 0. The summed E-state index contributed by atoms with van der Waals surface area (Å²) in [6.07, 6.45) is 4.67. The van der Waals surface area contributed by atoms with Crippen molar-refractivity contribution in [3.8, 4) is 22.3 Å². The first-order chi connectivity index (χ1) is 12.7. The molecule has 3 aromatic carbocycles. The molecule has 0 unspecified atom stereocenters. The average Bonchev–Trinajstić information content (AvgIpc) is 3.18. The van der Waals surface area contributed by atoms with Crippen LogP contribution in [-0.4, -0.2) is 0 Å².